The van der Waals surface area contributed by atoms with Crippen LogP contribution in [0.15, 0.2) is 59.8 Å². The predicted octanol–water partition coefficient (Wildman–Crippen LogP) is 2.16. The van der Waals surface area contributed by atoms with E-state index in [1.54, 1.807) is 27.5 Å². The number of nitrogens with zero attached hydrogens (tertiary/aromatic N) is 5. The SMILES string of the molecule is O=c1c2nnc3ccnn3c2ccn1CCc1c[nH]c2ccccc12. The molecule has 5 rings (SSSR count). The first-order valence-electron chi connectivity index (χ1n) is 8.06. The standard InChI is InChI=1S/C18H14N6O/c25-18-17-15(24-16(21-22-17)5-8-20-24)7-10-23(18)9-6-12-11-19-14-4-2-1-3-13(12)14/h1-5,7-8,10-11,19H,6,9H2. The summed E-state index contributed by atoms with van der Waals surface area (Å²) in [4.78, 5) is 16.0. The maximum atomic E-state index is 12.7. The summed E-state index contributed by atoms with van der Waals surface area (Å²) in [5.41, 5.74) is 3.78. The molecule has 1 N–H and O–H groups in total. The van der Waals surface area contributed by atoms with E-state index in [1.807, 2.05) is 30.5 Å². The van der Waals surface area contributed by atoms with Gasteiger partial charge in [-0.05, 0) is 24.1 Å². The van der Waals surface area contributed by atoms with E-state index in [0.29, 0.717) is 23.2 Å². The van der Waals surface area contributed by atoms with Gasteiger partial charge in [0.2, 0.25) is 0 Å². The van der Waals surface area contributed by atoms with Gasteiger partial charge >= 0.3 is 0 Å². The number of hydrogen-bond donors (Lipinski definition) is 1. The van der Waals surface area contributed by atoms with E-state index in [4.69, 9.17) is 0 Å². The predicted molar refractivity (Wildman–Crippen MR) is 94.6 cm³/mol. The quantitative estimate of drug-likeness (QED) is 0.550. The molecule has 0 atom stereocenters. The number of para-hydroxylation sites is 1. The van der Waals surface area contributed by atoms with Crippen molar-refractivity contribution in [2.24, 2.45) is 0 Å². The number of nitrogens with one attached hydrogen (secondary N) is 1. The van der Waals surface area contributed by atoms with Crippen LogP contribution in [0.5, 0.6) is 0 Å². The van der Waals surface area contributed by atoms with Crippen LogP contribution < -0.4 is 5.56 Å². The first-order valence-corrected chi connectivity index (χ1v) is 8.06. The summed E-state index contributed by atoms with van der Waals surface area (Å²) in [7, 11) is 0. The number of aromatic amines is 1. The molecule has 0 amide bonds. The fraction of sp³-hybridized carbons (Fsp3) is 0.111. The maximum absolute atomic E-state index is 12.7. The first-order chi connectivity index (χ1) is 12.3. The topological polar surface area (TPSA) is 80.9 Å². The van der Waals surface area contributed by atoms with Crippen LogP contribution in [0.3, 0.4) is 0 Å². The molecule has 7 nitrogen and oxygen atoms in total. The highest BCUT2D eigenvalue weighted by molar-refractivity contribution is 5.83. The third-order valence-corrected chi connectivity index (χ3v) is 4.52. The van der Waals surface area contributed by atoms with Crippen LogP contribution >= 0.6 is 0 Å². The maximum Gasteiger partial charge on any atom is 0.280 e. The third-order valence-electron chi connectivity index (χ3n) is 4.52. The van der Waals surface area contributed by atoms with Gasteiger partial charge in [0.25, 0.3) is 5.56 Å². The number of rotatable bonds is 3. The fourth-order valence-electron chi connectivity index (χ4n) is 3.23. The van der Waals surface area contributed by atoms with Crippen molar-refractivity contribution < 1.29 is 0 Å². The van der Waals surface area contributed by atoms with Crippen molar-refractivity contribution in [1.29, 1.82) is 0 Å². The lowest BCUT2D eigenvalue weighted by Gasteiger charge is -2.07. The molecule has 0 unspecified atom stereocenters. The fourth-order valence-corrected chi connectivity index (χ4v) is 3.23. The molecule has 122 valence electrons. The summed E-state index contributed by atoms with van der Waals surface area (Å²) in [5, 5.41) is 13.5. The summed E-state index contributed by atoms with van der Waals surface area (Å²) in [6.07, 6.45) is 6.20. The Bertz CT molecular complexity index is 1280. The molecule has 5 aromatic rings. The smallest absolute Gasteiger partial charge is 0.280 e. The molecule has 0 spiro atoms. The molecule has 0 radical (unpaired) electrons. The minimum Gasteiger partial charge on any atom is -0.361 e. The molecular weight excluding hydrogens is 316 g/mol. The number of hydrogen-bond acceptors (Lipinski definition) is 4. The van der Waals surface area contributed by atoms with E-state index >= 15 is 0 Å². The third kappa shape index (κ3) is 2.13. The molecule has 0 aliphatic carbocycles. The summed E-state index contributed by atoms with van der Waals surface area (Å²) in [5.74, 6) is 0. The van der Waals surface area contributed by atoms with E-state index < -0.39 is 0 Å². The monoisotopic (exact) mass is 330 g/mol. The number of fused-ring (bicyclic) bond motifs is 4. The molecule has 0 fully saturated rings. The highest BCUT2D eigenvalue weighted by atomic mass is 16.1. The van der Waals surface area contributed by atoms with Crippen molar-refractivity contribution in [3.63, 3.8) is 0 Å². The highest BCUT2D eigenvalue weighted by Gasteiger charge is 2.10. The Balaban J connectivity index is 1.53. The minimum atomic E-state index is -0.151. The summed E-state index contributed by atoms with van der Waals surface area (Å²) < 4.78 is 3.31. The molecule has 0 saturated heterocycles. The van der Waals surface area contributed by atoms with Crippen LogP contribution in [-0.4, -0.2) is 29.4 Å². The highest BCUT2D eigenvalue weighted by Crippen LogP contribution is 2.18. The molecule has 25 heavy (non-hydrogen) atoms. The molecule has 4 heterocycles. The number of benzene rings is 1. The Labute approximate surface area is 141 Å². The molecule has 0 aliphatic heterocycles. The Kier molecular flexibility index (Phi) is 2.93. The van der Waals surface area contributed by atoms with Gasteiger partial charge in [0, 0.05) is 35.9 Å². The van der Waals surface area contributed by atoms with Crippen LogP contribution in [0.4, 0.5) is 0 Å². The van der Waals surface area contributed by atoms with Crippen molar-refractivity contribution >= 4 is 27.6 Å². The van der Waals surface area contributed by atoms with Gasteiger partial charge in [0.1, 0.15) is 5.52 Å². The van der Waals surface area contributed by atoms with E-state index in [-0.39, 0.29) is 5.56 Å². The summed E-state index contributed by atoms with van der Waals surface area (Å²) in [6, 6.07) is 11.8. The zero-order valence-electron chi connectivity index (χ0n) is 13.3. The first kappa shape index (κ1) is 13.9. The molecular formula is C18H14N6O. The van der Waals surface area contributed by atoms with Crippen molar-refractivity contribution in [1.82, 2.24) is 29.4 Å². The summed E-state index contributed by atoms with van der Waals surface area (Å²) in [6.45, 7) is 0.579. The van der Waals surface area contributed by atoms with Gasteiger partial charge in [-0.15, -0.1) is 10.2 Å². The normalized spacial score (nSPS) is 11.7. The lowest BCUT2D eigenvalue weighted by molar-refractivity contribution is 0.674. The van der Waals surface area contributed by atoms with E-state index in [9.17, 15) is 4.79 Å². The van der Waals surface area contributed by atoms with Crippen LogP contribution in [0.25, 0.3) is 27.6 Å². The van der Waals surface area contributed by atoms with Crippen molar-refractivity contribution in [2.45, 2.75) is 13.0 Å². The second kappa shape index (κ2) is 5.27. The lowest BCUT2D eigenvalue weighted by atomic mass is 10.1. The van der Waals surface area contributed by atoms with Crippen LogP contribution in [-0.2, 0) is 13.0 Å². The molecule has 4 aromatic heterocycles. The zero-order valence-corrected chi connectivity index (χ0v) is 13.3. The number of aryl methyl sites for hydroxylation is 2. The Morgan fingerprint density at radius 1 is 1.08 bits per heavy atom. The molecule has 0 bridgehead atoms. The Morgan fingerprint density at radius 2 is 2.00 bits per heavy atom. The van der Waals surface area contributed by atoms with Crippen molar-refractivity contribution in [3.8, 4) is 0 Å². The van der Waals surface area contributed by atoms with Gasteiger partial charge in [-0.2, -0.15) is 5.10 Å². The van der Waals surface area contributed by atoms with Gasteiger partial charge in [0.15, 0.2) is 11.2 Å². The van der Waals surface area contributed by atoms with Gasteiger partial charge < -0.3 is 9.55 Å². The Morgan fingerprint density at radius 3 is 2.96 bits per heavy atom. The van der Waals surface area contributed by atoms with Crippen LogP contribution in [0.2, 0.25) is 0 Å². The lowest BCUT2D eigenvalue weighted by Crippen LogP contribution is -2.22. The van der Waals surface area contributed by atoms with Crippen molar-refractivity contribution in [3.05, 3.63) is 70.9 Å². The zero-order chi connectivity index (χ0) is 16.8. The second-order valence-corrected chi connectivity index (χ2v) is 5.96. The average Bonchev–Trinajstić information content (AvgIpc) is 3.28. The molecule has 0 saturated carbocycles. The Hall–Kier alpha value is -3.48. The molecule has 7 heteroatoms. The van der Waals surface area contributed by atoms with Crippen LogP contribution in [0.1, 0.15) is 5.56 Å². The van der Waals surface area contributed by atoms with Crippen LogP contribution in [0, 0.1) is 0 Å². The average molecular weight is 330 g/mol. The number of aromatic nitrogens is 6. The molecule has 1 aromatic carbocycles. The molecule has 0 aliphatic rings. The van der Waals surface area contributed by atoms with Gasteiger partial charge in [-0.1, -0.05) is 18.2 Å². The van der Waals surface area contributed by atoms with E-state index in [0.717, 1.165) is 11.9 Å². The number of pyridine rings is 1. The second-order valence-electron chi connectivity index (χ2n) is 5.96. The van der Waals surface area contributed by atoms with Gasteiger partial charge in [-0.25, -0.2) is 4.52 Å². The van der Waals surface area contributed by atoms with E-state index in [2.05, 4.69) is 26.3 Å². The van der Waals surface area contributed by atoms with Gasteiger partial charge in [0.05, 0.1) is 6.20 Å². The largest absolute Gasteiger partial charge is 0.361 e. The van der Waals surface area contributed by atoms with Crippen molar-refractivity contribution in [2.75, 3.05) is 0 Å². The van der Waals surface area contributed by atoms with Gasteiger partial charge in [-0.3, -0.25) is 4.79 Å². The minimum absolute atomic E-state index is 0.151. The number of H-pyrrole nitrogens is 1. The summed E-state index contributed by atoms with van der Waals surface area (Å²) >= 11 is 0. The van der Waals surface area contributed by atoms with E-state index in [1.165, 1.54) is 10.9 Å².